The number of unbranched alkanes of at least 4 members (excludes halogenated alkanes) is 1. The second-order valence-electron chi connectivity index (χ2n) is 5.66. The smallest absolute Gasteiger partial charge is 0.407 e. The number of ether oxygens (including phenoxy) is 4. The molecule has 0 aromatic rings. The van der Waals surface area contributed by atoms with Gasteiger partial charge < -0.3 is 29.6 Å². The van der Waals surface area contributed by atoms with Gasteiger partial charge in [0.2, 0.25) is 0 Å². The Bertz CT molecular complexity index is 524. The second kappa shape index (κ2) is 15.1. The standard InChI is InChI=1S/C18H28N2O8/c1-13(2)15(21)25-9-11-27-17(23)19-7-5-6-8-20-18(24)28-12-10-26-16(22)14(3)4/h1,3,5-12H2,2,4H3,(H,19,23)(H,20,24). The van der Waals surface area contributed by atoms with Crippen molar-refractivity contribution < 1.29 is 38.1 Å². The van der Waals surface area contributed by atoms with E-state index >= 15 is 0 Å². The number of hydrogen-bond donors (Lipinski definition) is 2. The van der Waals surface area contributed by atoms with Crippen LogP contribution in [0.5, 0.6) is 0 Å². The molecule has 0 saturated carbocycles. The minimum atomic E-state index is -0.622. The van der Waals surface area contributed by atoms with E-state index in [2.05, 4.69) is 23.8 Å². The van der Waals surface area contributed by atoms with Gasteiger partial charge in [0.05, 0.1) is 0 Å². The third-order valence-corrected chi connectivity index (χ3v) is 2.94. The molecule has 0 fully saturated rings. The van der Waals surface area contributed by atoms with E-state index in [9.17, 15) is 19.2 Å². The Labute approximate surface area is 164 Å². The summed E-state index contributed by atoms with van der Waals surface area (Å²) in [5, 5.41) is 5.05. The zero-order valence-electron chi connectivity index (χ0n) is 16.3. The van der Waals surface area contributed by atoms with Crippen LogP contribution < -0.4 is 10.6 Å². The van der Waals surface area contributed by atoms with E-state index in [-0.39, 0.29) is 37.6 Å². The lowest BCUT2D eigenvalue weighted by atomic mass is 10.3. The van der Waals surface area contributed by atoms with Gasteiger partial charge in [-0.15, -0.1) is 0 Å². The van der Waals surface area contributed by atoms with Crippen LogP contribution >= 0.6 is 0 Å². The van der Waals surface area contributed by atoms with Crippen molar-refractivity contribution in [3.05, 3.63) is 24.3 Å². The number of carbonyl (C=O) groups excluding carboxylic acids is 4. The zero-order valence-corrected chi connectivity index (χ0v) is 16.3. The van der Waals surface area contributed by atoms with E-state index in [1.807, 2.05) is 0 Å². The van der Waals surface area contributed by atoms with Crippen LogP contribution in [0, 0.1) is 0 Å². The third-order valence-electron chi connectivity index (χ3n) is 2.94. The molecule has 0 atom stereocenters. The van der Waals surface area contributed by atoms with Crippen molar-refractivity contribution in [3.63, 3.8) is 0 Å². The van der Waals surface area contributed by atoms with Gasteiger partial charge >= 0.3 is 24.1 Å². The lowest BCUT2D eigenvalue weighted by molar-refractivity contribution is -0.140. The number of carbonyl (C=O) groups is 4. The highest BCUT2D eigenvalue weighted by Gasteiger charge is 2.06. The summed E-state index contributed by atoms with van der Waals surface area (Å²) in [4.78, 5) is 44.9. The maximum absolute atomic E-state index is 11.4. The summed E-state index contributed by atoms with van der Waals surface area (Å²) in [6.07, 6.45) is -0.0296. The average molecular weight is 400 g/mol. The molecule has 0 rings (SSSR count). The molecule has 10 nitrogen and oxygen atoms in total. The van der Waals surface area contributed by atoms with Crippen LogP contribution in [-0.2, 0) is 28.5 Å². The summed E-state index contributed by atoms with van der Waals surface area (Å²) in [5.41, 5.74) is 0.543. The molecule has 158 valence electrons. The second-order valence-corrected chi connectivity index (χ2v) is 5.66. The van der Waals surface area contributed by atoms with Gasteiger partial charge in [-0.2, -0.15) is 0 Å². The summed E-state index contributed by atoms with van der Waals surface area (Å²) in [6, 6.07) is 0. The van der Waals surface area contributed by atoms with E-state index in [4.69, 9.17) is 18.9 Å². The van der Waals surface area contributed by atoms with Crippen LogP contribution in [0.25, 0.3) is 0 Å². The van der Waals surface area contributed by atoms with Gasteiger partial charge in [0.25, 0.3) is 0 Å². The van der Waals surface area contributed by atoms with Gasteiger partial charge in [0.15, 0.2) is 0 Å². The summed E-state index contributed by atoms with van der Waals surface area (Å²) in [6.45, 7) is 10.4. The third kappa shape index (κ3) is 14.2. The number of alkyl carbamates (subject to hydrolysis) is 2. The van der Waals surface area contributed by atoms with Crippen molar-refractivity contribution in [1.82, 2.24) is 10.6 Å². The number of rotatable bonds is 13. The maximum Gasteiger partial charge on any atom is 0.407 e. The molecule has 0 unspecified atom stereocenters. The Morgan fingerprint density at radius 3 is 1.29 bits per heavy atom. The first-order chi connectivity index (χ1) is 13.2. The van der Waals surface area contributed by atoms with E-state index in [1.165, 1.54) is 13.8 Å². The molecule has 0 aliphatic carbocycles. The Kier molecular flexibility index (Phi) is 13.4. The molecule has 0 aliphatic heterocycles. The molecule has 2 amide bonds. The predicted octanol–water partition coefficient (Wildman–Crippen LogP) is 1.46. The van der Waals surface area contributed by atoms with Crippen molar-refractivity contribution >= 4 is 24.1 Å². The van der Waals surface area contributed by atoms with Crippen LogP contribution in [-0.4, -0.2) is 63.6 Å². The van der Waals surface area contributed by atoms with Gasteiger partial charge in [0.1, 0.15) is 26.4 Å². The topological polar surface area (TPSA) is 129 Å². The summed E-state index contributed by atoms with van der Waals surface area (Å²) < 4.78 is 19.2. The zero-order chi connectivity index (χ0) is 21.4. The normalized spacial score (nSPS) is 9.64. The minimum absolute atomic E-state index is 0.0441. The lowest BCUT2D eigenvalue weighted by Gasteiger charge is -2.09. The Balaban J connectivity index is 3.50. The van der Waals surface area contributed by atoms with E-state index < -0.39 is 24.1 Å². The van der Waals surface area contributed by atoms with Crippen LogP contribution in [0.4, 0.5) is 9.59 Å². The molecule has 0 aliphatic rings. The molecular formula is C18H28N2O8. The van der Waals surface area contributed by atoms with Crippen molar-refractivity contribution in [3.8, 4) is 0 Å². The molecule has 28 heavy (non-hydrogen) atoms. The van der Waals surface area contributed by atoms with Gasteiger partial charge in [-0.25, -0.2) is 19.2 Å². The molecule has 0 spiro atoms. The van der Waals surface area contributed by atoms with Crippen molar-refractivity contribution in [2.45, 2.75) is 26.7 Å². The number of nitrogens with one attached hydrogen (secondary N) is 2. The number of hydrogen-bond acceptors (Lipinski definition) is 8. The maximum atomic E-state index is 11.4. The molecule has 0 heterocycles. The Morgan fingerprint density at radius 1 is 0.643 bits per heavy atom. The van der Waals surface area contributed by atoms with Crippen molar-refractivity contribution in [2.75, 3.05) is 39.5 Å². The first-order valence-electron chi connectivity index (χ1n) is 8.70. The van der Waals surface area contributed by atoms with Crippen LogP contribution in [0.3, 0.4) is 0 Å². The van der Waals surface area contributed by atoms with Gasteiger partial charge in [0, 0.05) is 24.2 Å². The molecule has 0 aromatic carbocycles. The van der Waals surface area contributed by atoms with Crippen LogP contribution in [0.15, 0.2) is 24.3 Å². The Morgan fingerprint density at radius 2 is 0.964 bits per heavy atom. The molecule has 2 N–H and O–H groups in total. The highest BCUT2D eigenvalue weighted by Crippen LogP contribution is 1.93. The van der Waals surface area contributed by atoms with Crippen LogP contribution in [0.2, 0.25) is 0 Å². The van der Waals surface area contributed by atoms with Gasteiger partial charge in [-0.3, -0.25) is 0 Å². The highest BCUT2D eigenvalue weighted by molar-refractivity contribution is 5.87. The predicted molar refractivity (Wildman–Crippen MR) is 99.5 cm³/mol. The molecular weight excluding hydrogens is 372 g/mol. The van der Waals surface area contributed by atoms with Crippen molar-refractivity contribution in [1.29, 1.82) is 0 Å². The number of amides is 2. The highest BCUT2D eigenvalue weighted by atomic mass is 16.6. The number of esters is 2. The summed E-state index contributed by atoms with van der Waals surface area (Å²) in [7, 11) is 0. The van der Waals surface area contributed by atoms with E-state index in [0.29, 0.717) is 25.9 Å². The van der Waals surface area contributed by atoms with Gasteiger partial charge in [-0.1, -0.05) is 13.2 Å². The van der Waals surface area contributed by atoms with Crippen LogP contribution in [0.1, 0.15) is 26.7 Å². The van der Waals surface area contributed by atoms with E-state index in [0.717, 1.165) is 0 Å². The van der Waals surface area contributed by atoms with Gasteiger partial charge in [-0.05, 0) is 26.7 Å². The summed E-state index contributed by atoms with van der Waals surface area (Å²) in [5.74, 6) is -1.08. The molecule has 0 saturated heterocycles. The largest absolute Gasteiger partial charge is 0.459 e. The first-order valence-corrected chi connectivity index (χ1v) is 8.70. The molecule has 0 radical (unpaired) electrons. The van der Waals surface area contributed by atoms with Crippen molar-refractivity contribution in [2.24, 2.45) is 0 Å². The fourth-order valence-corrected chi connectivity index (χ4v) is 1.52. The first kappa shape index (κ1) is 25.0. The molecule has 0 bridgehead atoms. The monoisotopic (exact) mass is 400 g/mol. The molecule has 0 aromatic heterocycles. The van der Waals surface area contributed by atoms with E-state index in [1.54, 1.807) is 0 Å². The lowest BCUT2D eigenvalue weighted by Crippen LogP contribution is -2.29. The SMILES string of the molecule is C=C(C)C(=O)OCCOC(=O)NCCCCNC(=O)OCCOC(=O)C(=C)C. The summed E-state index contributed by atoms with van der Waals surface area (Å²) >= 11 is 0. The average Bonchev–Trinajstić information content (AvgIpc) is 2.64. The fraction of sp³-hybridized carbons (Fsp3) is 0.556. The fourth-order valence-electron chi connectivity index (χ4n) is 1.52. The minimum Gasteiger partial charge on any atom is -0.459 e. The molecule has 10 heteroatoms. The quantitative estimate of drug-likeness (QED) is 0.206. The Hall–Kier alpha value is -3.04.